The average molecular weight is 181 g/mol. The van der Waals surface area contributed by atoms with Crippen LogP contribution in [0.1, 0.15) is 37.7 Å². The van der Waals surface area contributed by atoms with E-state index in [1.54, 1.807) is 0 Å². The molecule has 0 bridgehead atoms. The second kappa shape index (κ2) is 3.50. The molecule has 0 saturated carbocycles. The first kappa shape index (κ1) is 10.3. The zero-order valence-electron chi connectivity index (χ0n) is 8.94. The van der Waals surface area contributed by atoms with Crippen LogP contribution in [-0.2, 0) is 11.8 Å². The molecule has 0 saturated heterocycles. The van der Waals surface area contributed by atoms with Gasteiger partial charge >= 0.3 is 0 Å². The van der Waals surface area contributed by atoms with Crippen LogP contribution >= 0.6 is 0 Å². The predicted molar refractivity (Wildman–Crippen MR) is 54.8 cm³/mol. The second-order valence-corrected chi connectivity index (χ2v) is 4.46. The van der Waals surface area contributed by atoms with Crippen LogP contribution in [-0.4, -0.2) is 16.7 Å². The van der Waals surface area contributed by atoms with Crippen molar-refractivity contribution in [3.8, 4) is 0 Å². The van der Waals surface area contributed by atoms with Crippen LogP contribution in [0.3, 0.4) is 0 Å². The Bertz CT molecular complexity index is 281. The van der Waals surface area contributed by atoms with E-state index in [1.165, 1.54) is 5.56 Å². The van der Waals surface area contributed by atoms with Crippen molar-refractivity contribution < 1.29 is 0 Å². The van der Waals surface area contributed by atoms with Crippen molar-refractivity contribution in [2.24, 2.45) is 5.73 Å². The number of nitrogens with one attached hydrogen (secondary N) is 1. The lowest BCUT2D eigenvalue weighted by molar-refractivity contribution is 0.578. The molecule has 0 aliphatic carbocycles. The minimum Gasteiger partial charge on any atom is -0.330 e. The van der Waals surface area contributed by atoms with Gasteiger partial charge in [-0.2, -0.15) is 5.10 Å². The van der Waals surface area contributed by atoms with E-state index in [2.05, 4.69) is 37.9 Å². The summed E-state index contributed by atoms with van der Waals surface area (Å²) in [4.78, 5) is 0. The van der Waals surface area contributed by atoms with Gasteiger partial charge in [-0.15, -0.1) is 0 Å². The summed E-state index contributed by atoms with van der Waals surface area (Å²) in [7, 11) is 0. The molecule has 3 heteroatoms. The molecule has 0 aliphatic heterocycles. The van der Waals surface area contributed by atoms with E-state index in [0.29, 0.717) is 6.54 Å². The molecule has 1 heterocycles. The number of hydrogen-bond acceptors (Lipinski definition) is 2. The number of aryl methyl sites for hydroxylation is 1. The molecule has 3 nitrogen and oxygen atoms in total. The molecular weight excluding hydrogens is 162 g/mol. The summed E-state index contributed by atoms with van der Waals surface area (Å²) in [6, 6.07) is 0. The standard InChI is InChI=1S/C10H19N3/c1-7-9(10(2,3)4)8(5-6-11)13-12-7/h5-6,11H2,1-4H3,(H,12,13). The predicted octanol–water partition coefficient (Wildman–Crippen LogP) is 1.52. The van der Waals surface area contributed by atoms with E-state index in [9.17, 15) is 0 Å². The minimum absolute atomic E-state index is 0.154. The van der Waals surface area contributed by atoms with E-state index in [0.717, 1.165) is 17.8 Å². The van der Waals surface area contributed by atoms with Gasteiger partial charge in [-0.3, -0.25) is 5.10 Å². The number of nitrogens with two attached hydrogens (primary N) is 1. The SMILES string of the molecule is Cc1[nH]nc(CCN)c1C(C)(C)C. The molecule has 0 radical (unpaired) electrons. The molecule has 0 fully saturated rings. The second-order valence-electron chi connectivity index (χ2n) is 4.46. The maximum absolute atomic E-state index is 5.53. The van der Waals surface area contributed by atoms with Gasteiger partial charge in [0.25, 0.3) is 0 Å². The highest BCUT2D eigenvalue weighted by Gasteiger charge is 2.22. The average Bonchev–Trinajstić information content (AvgIpc) is 2.31. The van der Waals surface area contributed by atoms with Crippen molar-refractivity contribution in [1.29, 1.82) is 0 Å². The Morgan fingerprint density at radius 2 is 2.00 bits per heavy atom. The topological polar surface area (TPSA) is 54.7 Å². The Morgan fingerprint density at radius 3 is 2.46 bits per heavy atom. The van der Waals surface area contributed by atoms with Crippen LogP contribution in [0.15, 0.2) is 0 Å². The van der Waals surface area contributed by atoms with Gasteiger partial charge in [0.05, 0.1) is 5.69 Å². The smallest absolute Gasteiger partial charge is 0.0674 e. The largest absolute Gasteiger partial charge is 0.330 e. The molecule has 1 rings (SSSR count). The summed E-state index contributed by atoms with van der Waals surface area (Å²) in [5.74, 6) is 0. The van der Waals surface area contributed by atoms with Crippen LogP contribution in [0.25, 0.3) is 0 Å². The fraction of sp³-hybridized carbons (Fsp3) is 0.700. The lowest BCUT2D eigenvalue weighted by atomic mass is 9.84. The highest BCUT2D eigenvalue weighted by Crippen LogP contribution is 2.27. The third-order valence-corrected chi connectivity index (χ3v) is 2.15. The molecule has 0 amide bonds. The molecule has 0 unspecified atom stereocenters. The van der Waals surface area contributed by atoms with Crippen molar-refractivity contribution in [3.05, 3.63) is 17.0 Å². The number of aromatic amines is 1. The number of H-pyrrole nitrogens is 1. The molecule has 0 atom stereocenters. The molecule has 3 N–H and O–H groups in total. The normalized spacial score (nSPS) is 12.1. The number of aromatic nitrogens is 2. The lowest BCUT2D eigenvalue weighted by Crippen LogP contribution is -2.16. The summed E-state index contributed by atoms with van der Waals surface area (Å²) in [5.41, 5.74) is 9.28. The van der Waals surface area contributed by atoms with Crippen LogP contribution in [0.4, 0.5) is 0 Å². The summed E-state index contributed by atoms with van der Waals surface area (Å²) < 4.78 is 0. The van der Waals surface area contributed by atoms with Crippen molar-refractivity contribution in [2.75, 3.05) is 6.54 Å². The van der Waals surface area contributed by atoms with Gasteiger partial charge in [0.1, 0.15) is 0 Å². The zero-order valence-corrected chi connectivity index (χ0v) is 8.94. The van der Waals surface area contributed by atoms with Crippen LogP contribution in [0.2, 0.25) is 0 Å². The highest BCUT2D eigenvalue weighted by atomic mass is 15.1. The van der Waals surface area contributed by atoms with E-state index < -0.39 is 0 Å². The van der Waals surface area contributed by atoms with Gasteiger partial charge in [-0.05, 0) is 18.9 Å². The van der Waals surface area contributed by atoms with Crippen LogP contribution in [0, 0.1) is 6.92 Å². The summed E-state index contributed by atoms with van der Waals surface area (Å²) in [6.45, 7) is 9.32. The third-order valence-electron chi connectivity index (χ3n) is 2.15. The summed E-state index contributed by atoms with van der Waals surface area (Å²) in [6.07, 6.45) is 0.858. The van der Waals surface area contributed by atoms with Crippen molar-refractivity contribution >= 4 is 0 Å². The lowest BCUT2D eigenvalue weighted by Gasteiger charge is -2.19. The quantitative estimate of drug-likeness (QED) is 0.726. The van der Waals surface area contributed by atoms with Gasteiger partial charge in [0.15, 0.2) is 0 Å². The van der Waals surface area contributed by atoms with Gasteiger partial charge in [0.2, 0.25) is 0 Å². The first-order chi connectivity index (χ1) is 5.96. The zero-order chi connectivity index (χ0) is 10.1. The molecule has 0 spiro atoms. The molecule has 1 aromatic rings. The Morgan fingerprint density at radius 1 is 1.38 bits per heavy atom. The summed E-state index contributed by atoms with van der Waals surface area (Å²) in [5, 5.41) is 7.29. The third kappa shape index (κ3) is 2.10. The molecular formula is C10H19N3. The van der Waals surface area contributed by atoms with E-state index in [4.69, 9.17) is 5.73 Å². The molecule has 1 aromatic heterocycles. The fourth-order valence-corrected chi connectivity index (χ4v) is 1.79. The van der Waals surface area contributed by atoms with Gasteiger partial charge < -0.3 is 5.73 Å². The Labute approximate surface area is 79.7 Å². The molecule has 0 aromatic carbocycles. The van der Waals surface area contributed by atoms with Crippen molar-refractivity contribution in [3.63, 3.8) is 0 Å². The monoisotopic (exact) mass is 181 g/mol. The minimum atomic E-state index is 0.154. The number of hydrogen-bond donors (Lipinski definition) is 2. The Hall–Kier alpha value is -0.830. The highest BCUT2D eigenvalue weighted by molar-refractivity contribution is 5.31. The van der Waals surface area contributed by atoms with Crippen molar-refractivity contribution in [2.45, 2.75) is 39.5 Å². The first-order valence-electron chi connectivity index (χ1n) is 4.71. The van der Waals surface area contributed by atoms with E-state index in [-0.39, 0.29) is 5.41 Å². The number of rotatable bonds is 2. The van der Waals surface area contributed by atoms with E-state index >= 15 is 0 Å². The maximum atomic E-state index is 5.53. The number of nitrogens with zero attached hydrogens (tertiary/aromatic N) is 1. The molecule has 74 valence electrons. The van der Waals surface area contributed by atoms with Crippen LogP contribution in [0.5, 0.6) is 0 Å². The Balaban J connectivity index is 3.09. The van der Waals surface area contributed by atoms with E-state index in [1.807, 2.05) is 0 Å². The van der Waals surface area contributed by atoms with Gasteiger partial charge in [-0.25, -0.2) is 0 Å². The van der Waals surface area contributed by atoms with Gasteiger partial charge in [-0.1, -0.05) is 20.8 Å². The first-order valence-corrected chi connectivity index (χ1v) is 4.71. The van der Waals surface area contributed by atoms with Crippen LogP contribution < -0.4 is 5.73 Å². The maximum Gasteiger partial charge on any atom is 0.0674 e. The van der Waals surface area contributed by atoms with Gasteiger partial charge in [0, 0.05) is 17.7 Å². The molecule has 0 aliphatic rings. The fourth-order valence-electron chi connectivity index (χ4n) is 1.79. The van der Waals surface area contributed by atoms with Crippen molar-refractivity contribution in [1.82, 2.24) is 10.2 Å². The Kier molecular flexibility index (Phi) is 2.76. The molecule has 13 heavy (non-hydrogen) atoms. The summed E-state index contributed by atoms with van der Waals surface area (Å²) >= 11 is 0.